The van der Waals surface area contributed by atoms with E-state index in [4.69, 9.17) is 5.73 Å². The Kier molecular flexibility index (Phi) is 4.09. The predicted molar refractivity (Wildman–Crippen MR) is 71.5 cm³/mol. The molecule has 4 heteroatoms. The van der Waals surface area contributed by atoms with Gasteiger partial charge >= 0.3 is 0 Å². The second-order valence-corrected chi connectivity index (χ2v) is 5.28. The average Bonchev–Trinajstić information content (AvgIpc) is 2.79. The summed E-state index contributed by atoms with van der Waals surface area (Å²) in [5, 5.41) is 4.26. The first kappa shape index (κ1) is 11.8. The second kappa shape index (κ2) is 5.57. The standard InChI is InChI=1S/C12H13BrN2S/c13-10-2-1-6-15-12(10)11(14)4-3-9-5-7-16-8-9/h1-2,5-8,11H,3-4,14H2. The van der Waals surface area contributed by atoms with Crippen LogP contribution in [0.25, 0.3) is 0 Å². The van der Waals surface area contributed by atoms with Gasteiger partial charge in [-0.05, 0) is 63.3 Å². The van der Waals surface area contributed by atoms with E-state index in [0.717, 1.165) is 23.0 Å². The van der Waals surface area contributed by atoms with Crippen LogP contribution < -0.4 is 5.73 Å². The minimum atomic E-state index is -0.00419. The van der Waals surface area contributed by atoms with Crippen molar-refractivity contribution in [2.45, 2.75) is 18.9 Å². The summed E-state index contributed by atoms with van der Waals surface area (Å²) >= 11 is 5.20. The molecule has 0 saturated heterocycles. The van der Waals surface area contributed by atoms with Crippen LogP contribution in [0.1, 0.15) is 23.7 Å². The lowest BCUT2D eigenvalue weighted by Gasteiger charge is -2.11. The number of aromatic nitrogens is 1. The van der Waals surface area contributed by atoms with Crippen LogP contribution in [0.2, 0.25) is 0 Å². The number of pyridine rings is 1. The molecule has 1 unspecified atom stereocenters. The summed E-state index contributed by atoms with van der Waals surface area (Å²) in [6, 6.07) is 6.02. The van der Waals surface area contributed by atoms with E-state index in [2.05, 4.69) is 37.7 Å². The molecule has 84 valence electrons. The molecule has 0 aromatic carbocycles. The molecule has 2 aromatic rings. The first-order chi connectivity index (χ1) is 7.77. The quantitative estimate of drug-likeness (QED) is 0.937. The van der Waals surface area contributed by atoms with Crippen LogP contribution in [0.5, 0.6) is 0 Å². The molecule has 0 fully saturated rings. The minimum Gasteiger partial charge on any atom is -0.323 e. The van der Waals surface area contributed by atoms with E-state index >= 15 is 0 Å². The van der Waals surface area contributed by atoms with Crippen molar-refractivity contribution in [2.24, 2.45) is 5.73 Å². The van der Waals surface area contributed by atoms with E-state index in [1.54, 1.807) is 17.5 Å². The van der Waals surface area contributed by atoms with Crippen LogP contribution in [0.4, 0.5) is 0 Å². The van der Waals surface area contributed by atoms with Gasteiger partial charge in [0.2, 0.25) is 0 Å². The zero-order valence-electron chi connectivity index (χ0n) is 8.77. The van der Waals surface area contributed by atoms with Gasteiger partial charge in [-0.25, -0.2) is 0 Å². The van der Waals surface area contributed by atoms with Crippen LogP contribution in [-0.2, 0) is 6.42 Å². The number of nitrogens with zero attached hydrogens (tertiary/aromatic N) is 1. The smallest absolute Gasteiger partial charge is 0.0712 e. The SMILES string of the molecule is NC(CCc1ccsc1)c1ncccc1Br. The lowest BCUT2D eigenvalue weighted by atomic mass is 10.1. The molecule has 0 amide bonds. The Bertz CT molecular complexity index is 442. The van der Waals surface area contributed by atoms with Crippen molar-refractivity contribution in [3.8, 4) is 0 Å². The van der Waals surface area contributed by atoms with Gasteiger partial charge < -0.3 is 5.73 Å². The Balaban J connectivity index is 1.98. The molecule has 0 aliphatic heterocycles. The first-order valence-electron chi connectivity index (χ1n) is 5.14. The van der Waals surface area contributed by atoms with Crippen LogP contribution >= 0.6 is 27.3 Å². The monoisotopic (exact) mass is 296 g/mol. The highest BCUT2D eigenvalue weighted by Gasteiger charge is 2.10. The fourth-order valence-electron chi connectivity index (χ4n) is 1.56. The third kappa shape index (κ3) is 2.90. The molecule has 0 radical (unpaired) electrons. The third-order valence-corrected chi connectivity index (χ3v) is 3.86. The van der Waals surface area contributed by atoms with Crippen molar-refractivity contribution in [2.75, 3.05) is 0 Å². The Morgan fingerprint density at radius 1 is 1.44 bits per heavy atom. The summed E-state index contributed by atoms with van der Waals surface area (Å²) in [6.07, 6.45) is 3.71. The number of thiophene rings is 1. The summed E-state index contributed by atoms with van der Waals surface area (Å²) in [7, 11) is 0. The minimum absolute atomic E-state index is 0.00419. The topological polar surface area (TPSA) is 38.9 Å². The van der Waals surface area contributed by atoms with E-state index in [0.29, 0.717) is 0 Å². The zero-order valence-corrected chi connectivity index (χ0v) is 11.2. The van der Waals surface area contributed by atoms with E-state index in [9.17, 15) is 0 Å². The van der Waals surface area contributed by atoms with E-state index in [-0.39, 0.29) is 6.04 Å². The van der Waals surface area contributed by atoms with Gasteiger partial charge in [0.25, 0.3) is 0 Å². The molecule has 2 nitrogen and oxygen atoms in total. The maximum absolute atomic E-state index is 6.12. The van der Waals surface area contributed by atoms with Crippen LogP contribution in [0, 0.1) is 0 Å². The highest BCUT2D eigenvalue weighted by molar-refractivity contribution is 9.10. The zero-order chi connectivity index (χ0) is 11.4. The molecule has 2 aromatic heterocycles. The van der Waals surface area contributed by atoms with Crippen molar-refractivity contribution < 1.29 is 0 Å². The Labute approximate surface area is 108 Å². The molecule has 1 atom stereocenters. The van der Waals surface area contributed by atoms with Gasteiger partial charge in [-0.2, -0.15) is 11.3 Å². The van der Waals surface area contributed by atoms with Crippen molar-refractivity contribution in [1.29, 1.82) is 0 Å². The Hall–Kier alpha value is -0.710. The molecule has 0 bridgehead atoms. The molecule has 0 spiro atoms. The van der Waals surface area contributed by atoms with E-state index in [1.165, 1.54) is 5.56 Å². The number of aryl methyl sites for hydroxylation is 1. The number of nitrogens with two attached hydrogens (primary N) is 1. The van der Waals surface area contributed by atoms with Gasteiger partial charge in [0.05, 0.1) is 5.69 Å². The molecular formula is C12H13BrN2S. The van der Waals surface area contributed by atoms with Crippen molar-refractivity contribution in [3.63, 3.8) is 0 Å². The summed E-state index contributed by atoms with van der Waals surface area (Å²) in [4.78, 5) is 4.31. The molecular weight excluding hydrogens is 284 g/mol. The van der Waals surface area contributed by atoms with Crippen LogP contribution in [0.15, 0.2) is 39.6 Å². The first-order valence-corrected chi connectivity index (χ1v) is 6.88. The van der Waals surface area contributed by atoms with Gasteiger partial charge in [-0.15, -0.1) is 0 Å². The fraction of sp³-hybridized carbons (Fsp3) is 0.250. The summed E-state index contributed by atoms with van der Waals surface area (Å²) < 4.78 is 0.993. The van der Waals surface area contributed by atoms with Gasteiger partial charge in [-0.3, -0.25) is 4.98 Å². The number of rotatable bonds is 4. The Morgan fingerprint density at radius 3 is 3.00 bits per heavy atom. The summed E-state index contributed by atoms with van der Waals surface area (Å²) in [5.41, 5.74) is 8.42. The largest absolute Gasteiger partial charge is 0.323 e. The maximum Gasteiger partial charge on any atom is 0.0712 e. The molecule has 16 heavy (non-hydrogen) atoms. The van der Waals surface area contributed by atoms with Gasteiger partial charge in [0.15, 0.2) is 0 Å². The van der Waals surface area contributed by atoms with Crippen molar-refractivity contribution in [1.82, 2.24) is 4.98 Å². The highest BCUT2D eigenvalue weighted by atomic mass is 79.9. The molecule has 0 aliphatic carbocycles. The van der Waals surface area contributed by atoms with Crippen molar-refractivity contribution in [3.05, 3.63) is 50.9 Å². The van der Waals surface area contributed by atoms with Gasteiger partial charge in [-0.1, -0.05) is 0 Å². The summed E-state index contributed by atoms with van der Waals surface area (Å²) in [5.74, 6) is 0. The molecule has 0 aliphatic rings. The average molecular weight is 297 g/mol. The lowest BCUT2D eigenvalue weighted by molar-refractivity contribution is 0.631. The number of hydrogen-bond donors (Lipinski definition) is 1. The highest BCUT2D eigenvalue weighted by Crippen LogP contribution is 2.22. The van der Waals surface area contributed by atoms with Gasteiger partial charge in [0, 0.05) is 16.7 Å². The normalized spacial score (nSPS) is 12.6. The predicted octanol–water partition coefficient (Wildman–Crippen LogP) is 3.54. The fourth-order valence-corrected chi connectivity index (χ4v) is 2.82. The Morgan fingerprint density at radius 2 is 2.31 bits per heavy atom. The lowest BCUT2D eigenvalue weighted by Crippen LogP contribution is -2.13. The van der Waals surface area contributed by atoms with Crippen LogP contribution in [-0.4, -0.2) is 4.98 Å². The van der Waals surface area contributed by atoms with E-state index in [1.807, 2.05) is 12.1 Å². The number of halogens is 1. The molecule has 0 saturated carbocycles. The third-order valence-electron chi connectivity index (χ3n) is 2.46. The number of hydrogen-bond acceptors (Lipinski definition) is 3. The molecule has 2 N–H and O–H groups in total. The second-order valence-electron chi connectivity index (χ2n) is 3.65. The summed E-state index contributed by atoms with van der Waals surface area (Å²) in [6.45, 7) is 0. The van der Waals surface area contributed by atoms with Gasteiger partial charge in [0.1, 0.15) is 0 Å². The van der Waals surface area contributed by atoms with Crippen molar-refractivity contribution >= 4 is 27.3 Å². The van der Waals surface area contributed by atoms with E-state index < -0.39 is 0 Å². The molecule has 2 rings (SSSR count). The maximum atomic E-state index is 6.12. The van der Waals surface area contributed by atoms with Crippen LogP contribution in [0.3, 0.4) is 0 Å². The molecule has 2 heterocycles.